The van der Waals surface area contributed by atoms with E-state index in [0.717, 1.165) is 12.0 Å². The Morgan fingerprint density at radius 3 is 2.63 bits per heavy atom. The second-order valence-corrected chi connectivity index (χ2v) is 8.92. The number of aliphatic carboxylic acids is 1. The number of fused-ring (bicyclic) bond motifs is 1. The Hall–Kier alpha value is -1.55. The Bertz CT molecular complexity index is 770. The van der Waals surface area contributed by atoms with Gasteiger partial charge in [0.2, 0.25) is 0 Å². The van der Waals surface area contributed by atoms with E-state index in [1.165, 1.54) is 45.1 Å². The molecule has 1 aromatic rings. The molecular formula is C22H30NO7-. The number of aliphatic hydroxyl groups is 3. The zero-order valence-electron chi connectivity index (χ0n) is 16.8. The summed E-state index contributed by atoms with van der Waals surface area (Å²) in [6.07, 6.45) is -0.835. The number of piperidine rings is 1. The number of carboxylic acids is 1. The van der Waals surface area contributed by atoms with E-state index in [1.807, 2.05) is 0 Å². The molecule has 2 aliphatic heterocycles. The monoisotopic (exact) mass is 420 g/mol. The molecule has 1 aromatic carbocycles. The van der Waals surface area contributed by atoms with Crippen LogP contribution in [0.2, 0.25) is 0 Å². The summed E-state index contributed by atoms with van der Waals surface area (Å²) in [7, 11) is 0. The number of nitrogens with one attached hydrogen (secondary N) is 1. The van der Waals surface area contributed by atoms with Crippen molar-refractivity contribution in [1.29, 1.82) is 0 Å². The van der Waals surface area contributed by atoms with E-state index in [2.05, 4.69) is 34.3 Å². The number of rotatable bonds is 1. The first kappa shape index (κ1) is 21.7. The molecule has 5 N–H and O–H groups in total. The van der Waals surface area contributed by atoms with Gasteiger partial charge in [-0.3, -0.25) is 0 Å². The normalized spacial score (nSPS) is 42.2. The molecule has 2 aliphatic carbocycles. The molecule has 2 heterocycles. The molecule has 0 unspecified atom stereocenters. The lowest BCUT2D eigenvalue weighted by molar-refractivity contribution is -0.529. The molecule has 4 aliphatic rings. The molecule has 8 atom stereocenters. The van der Waals surface area contributed by atoms with Crippen molar-refractivity contribution in [2.45, 2.75) is 80.7 Å². The smallest absolute Gasteiger partial charge is 0.335 e. The lowest BCUT2D eigenvalue weighted by Crippen LogP contribution is -2.63. The van der Waals surface area contributed by atoms with Crippen LogP contribution < -0.4 is 10.4 Å². The van der Waals surface area contributed by atoms with E-state index in [0.29, 0.717) is 5.41 Å². The standard InChI is InChI=1S/C16H21N.C6H9O7/c1-2-6-13-12(5-1)11-15-14-7-3-4-8-16(13,14)9-10-17-15;7-1-2(8)4(5(10)11)13-6(12)3(1)9/h1-2,5-6,14-15,17H,3-4,7-11H2;1-4,6-9H,(H,10,11)/q;-1/t14-,15+,16-;1-,2-,3+,4-,6+/m00/s1. The third-order valence-electron chi connectivity index (χ3n) is 7.37. The van der Waals surface area contributed by atoms with Crippen molar-refractivity contribution < 1.29 is 35.1 Å². The molecule has 0 amide bonds. The molecule has 5 rings (SSSR count). The number of benzene rings is 1. The Balaban J connectivity index is 0.000000152. The number of hydrogen-bond acceptors (Lipinski definition) is 7. The first-order chi connectivity index (χ1) is 14.3. The summed E-state index contributed by atoms with van der Waals surface area (Å²) in [6, 6.07) is 10.0. The van der Waals surface area contributed by atoms with Gasteiger partial charge in [0.15, 0.2) is 6.10 Å². The van der Waals surface area contributed by atoms with Crippen LogP contribution in [0.3, 0.4) is 0 Å². The maximum atomic E-state index is 10.7. The Morgan fingerprint density at radius 2 is 1.87 bits per heavy atom. The summed E-state index contributed by atoms with van der Waals surface area (Å²) in [6.45, 7) is 1.23. The zero-order valence-corrected chi connectivity index (χ0v) is 16.8. The highest BCUT2D eigenvalue weighted by Gasteiger charge is 2.51. The molecule has 166 valence electrons. The third kappa shape index (κ3) is 3.66. The fourth-order valence-electron chi connectivity index (χ4n) is 5.94. The summed E-state index contributed by atoms with van der Waals surface area (Å²) in [4.78, 5) is 10.3. The Morgan fingerprint density at radius 1 is 1.10 bits per heavy atom. The number of carbonyl (C=O) groups is 1. The topological polar surface area (TPSA) is 142 Å². The van der Waals surface area contributed by atoms with Crippen molar-refractivity contribution in [2.24, 2.45) is 5.92 Å². The second-order valence-electron chi connectivity index (χ2n) is 8.92. The van der Waals surface area contributed by atoms with Crippen LogP contribution in [0.25, 0.3) is 0 Å². The quantitative estimate of drug-likeness (QED) is 0.400. The van der Waals surface area contributed by atoms with Crippen molar-refractivity contribution in [3.8, 4) is 0 Å². The maximum Gasteiger partial charge on any atom is 0.335 e. The van der Waals surface area contributed by atoms with Gasteiger partial charge < -0.3 is 35.6 Å². The number of hydrogen-bond donors (Lipinski definition) is 5. The lowest BCUT2D eigenvalue weighted by Gasteiger charge is -2.56. The molecule has 0 aromatic heterocycles. The van der Waals surface area contributed by atoms with Gasteiger partial charge in [-0.05, 0) is 49.3 Å². The summed E-state index contributed by atoms with van der Waals surface area (Å²) in [5.74, 6) is -0.640. The van der Waals surface area contributed by atoms with E-state index >= 15 is 0 Å². The molecule has 30 heavy (non-hydrogen) atoms. The molecule has 2 bridgehead atoms. The van der Waals surface area contributed by atoms with E-state index in [1.54, 1.807) is 11.1 Å². The number of aliphatic hydroxyl groups excluding tert-OH is 3. The number of ether oxygens (including phenoxy) is 1. The molecule has 3 fully saturated rings. The largest absolute Gasteiger partial charge is 0.829 e. The van der Waals surface area contributed by atoms with Crippen molar-refractivity contribution in [3.63, 3.8) is 0 Å². The summed E-state index contributed by atoms with van der Waals surface area (Å²) in [5, 5.41) is 49.9. The third-order valence-corrected chi connectivity index (χ3v) is 7.37. The average Bonchev–Trinajstić information content (AvgIpc) is 2.75. The SMILES string of the molecule is O=C(O)[C@H]1O[C@@H]([O-])[C@H](O)[C@@H](O)[C@@H]1O.c1ccc2c(c1)C[C@H]1NCC[C@@]23CCCC[C@@H]13. The minimum absolute atomic E-state index is 0.545. The van der Waals surface area contributed by atoms with Crippen molar-refractivity contribution in [2.75, 3.05) is 6.54 Å². The molecule has 8 nitrogen and oxygen atoms in total. The van der Waals surface area contributed by atoms with E-state index in [-0.39, 0.29) is 0 Å². The lowest BCUT2D eigenvalue weighted by atomic mass is 9.53. The van der Waals surface area contributed by atoms with Gasteiger partial charge in [0.25, 0.3) is 0 Å². The molecule has 0 radical (unpaired) electrons. The van der Waals surface area contributed by atoms with Gasteiger partial charge in [-0.2, -0.15) is 0 Å². The summed E-state index contributed by atoms with van der Waals surface area (Å²) < 4.78 is 4.23. The Kier molecular flexibility index (Phi) is 6.16. The van der Waals surface area contributed by atoms with Crippen molar-refractivity contribution in [3.05, 3.63) is 35.4 Å². The van der Waals surface area contributed by atoms with Gasteiger partial charge in [-0.1, -0.05) is 37.1 Å². The predicted molar refractivity (Wildman–Crippen MR) is 105 cm³/mol. The molecule has 2 saturated heterocycles. The van der Waals surface area contributed by atoms with Crippen LogP contribution >= 0.6 is 0 Å². The average molecular weight is 420 g/mol. The Labute approximate surface area is 175 Å². The fourth-order valence-corrected chi connectivity index (χ4v) is 5.94. The minimum atomic E-state index is -2.06. The zero-order chi connectivity index (χ0) is 21.5. The van der Waals surface area contributed by atoms with Crippen LogP contribution in [0.4, 0.5) is 0 Å². The van der Waals surface area contributed by atoms with Crippen molar-refractivity contribution in [1.82, 2.24) is 5.32 Å². The molecule has 8 heteroatoms. The van der Waals surface area contributed by atoms with Gasteiger partial charge >= 0.3 is 5.97 Å². The van der Waals surface area contributed by atoms with Gasteiger partial charge in [0.05, 0.1) is 6.10 Å². The van der Waals surface area contributed by atoms with E-state index in [9.17, 15) is 9.90 Å². The van der Waals surface area contributed by atoms with Gasteiger partial charge in [0.1, 0.15) is 12.2 Å². The van der Waals surface area contributed by atoms with Gasteiger partial charge in [-0.15, -0.1) is 0 Å². The summed E-state index contributed by atoms with van der Waals surface area (Å²) >= 11 is 0. The van der Waals surface area contributed by atoms with Crippen LogP contribution in [-0.4, -0.2) is 69.7 Å². The van der Waals surface area contributed by atoms with Crippen LogP contribution in [-0.2, 0) is 21.4 Å². The highest BCUT2D eigenvalue weighted by Crippen LogP contribution is 2.53. The van der Waals surface area contributed by atoms with Gasteiger partial charge in [-0.25, -0.2) is 4.79 Å². The van der Waals surface area contributed by atoms with Crippen LogP contribution in [0.5, 0.6) is 0 Å². The van der Waals surface area contributed by atoms with E-state index in [4.69, 9.17) is 20.4 Å². The first-order valence-corrected chi connectivity index (χ1v) is 10.8. The summed E-state index contributed by atoms with van der Waals surface area (Å²) in [5.41, 5.74) is 3.88. The highest BCUT2D eigenvalue weighted by atomic mass is 16.6. The molecule has 1 saturated carbocycles. The predicted octanol–water partition coefficient (Wildman–Crippen LogP) is -0.728. The highest BCUT2D eigenvalue weighted by molar-refractivity contribution is 5.73. The maximum absolute atomic E-state index is 10.7. The van der Waals surface area contributed by atoms with Crippen LogP contribution in [0.1, 0.15) is 43.2 Å². The molecular weight excluding hydrogens is 390 g/mol. The van der Waals surface area contributed by atoms with Crippen LogP contribution in [0, 0.1) is 5.92 Å². The van der Waals surface area contributed by atoms with Crippen molar-refractivity contribution >= 4 is 5.97 Å². The van der Waals surface area contributed by atoms with Crippen LogP contribution in [0.15, 0.2) is 24.3 Å². The van der Waals surface area contributed by atoms with Gasteiger partial charge in [0, 0.05) is 17.7 Å². The minimum Gasteiger partial charge on any atom is -0.829 e. The van der Waals surface area contributed by atoms with E-state index < -0.39 is 36.7 Å². The fraction of sp³-hybridized carbons (Fsp3) is 0.682. The number of carboxylic acid groups (broad SMARTS) is 1. The molecule has 0 spiro atoms. The second kappa shape index (κ2) is 8.53. The first-order valence-electron chi connectivity index (χ1n) is 10.8.